The fourth-order valence-corrected chi connectivity index (χ4v) is 10.1. The van der Waals surface area contributed by atoms with E-state index < -0.39 is 0 Å². The van der Waals surface area contributed by atoms with E-state index in [1.807, 2.05) is 0 Å². The average Bonchev–Trinajstić information content (AvgIpc) is 3.58. The number of hydrogen-bond donors (Lipinski definition) is 0. The molecule has 8 aromatic rings. The number of ether oxygens (including phenoxy) is 2. The summed E-state index contributed by atoms with van der Waals surface area (Å²) in [6.45, 7) is 9.34. The van der Waals surface area contributed by atoms with Crippen LogP contribution in [0, 0.1) is 0 Å². The number of hydrogen-bond acceptors (Lipinski definition) is 2. The minimum absolute atomic E-state index is 0.0457. The summed E-state index contributed by atoms with van der Waals surface area (Å²) in [5.74, 6) is 3.50. The van der Waals surface area contributed by atoms with Gasteiger partial charge in [-0.25, -0.2) is 0 Å². The minimum Gasteiger partial charge on any atom is -0.456 e. The molecule has 0 aromatic heterocycles. The number of rotatable bonds is 2. The molecule has 2 heteroatoms. The van der Waals surface area contributed by atoms with Crippen LogP contribution in [0.2, 0.25) is 0 Å². The van der Waals surface area contributed by atoms with E-state index in [0.717, 1.165) is 56.0 Å². The molecule has 0 N–H and O–H groups in total. The van der Waals surface area contributed by atoms with E-state index in [0.29, 0.717) is 0 Å². The van der Waals surface area contributed by atoms with Crippen LogP contribution in [0.15, 0.2) is 146 Å². The highest BCUT2D eigenvalue weighted by Crippen LogP contribution is 2.57. The summed E-state index contributed by atoms with van der Waals surface area (Å²) in [7, 11) is 0. The molecule has 2 aliphatic carbocycles. The summed E-state index contributed by atoms with van der Waals surface area (Å²) in [6, 6.07) is 53.5. The Morgan fingerprint density at radius 2 is 0.648 bits per heavy atom. The summed E-state index contributed by atoms with van der Waals surface area (Å²) in [6.07, 6.45) is 0. The summed E-state index contributed by atoms with van der Waals surface area (Å²) in [4.78, 5) is 0. The molecule has 0 saturated carbocycles. The smallest absolute Gasteiger partial charge is 0.136 e. The van der Waals surface area contributed by atoms with Crippen molar-refractivity contribution in [2.24, 2.45) is 0 Å². The Morgan fingerprint density at radius 1 is 0.296 bits per heavy atom. The van der Waals surface area contributed by atoms with Crippen LogP contribution >= 0.6 is 0 Å². The first-order valence-electron chi connectivity index (χ1n) is 19.0. The zero-order valence-corrected chi connectivity index (χ0v) is 30.7. The van der Waals surface area contributed by atoms with Crippen LogP contribution in [-0.4, -0.2) is 0 Å². The van der Waals surface area contributed by atoms with Crippen LogP contribution in [0.5, 0.6) is 23.0 Å². The second-order valence-corrected chi connectivity index (χ2v) is 16.5. The van der Waals surface area contributed by atoms with Gasteiger partial charge >= 0.3 is 0 Å². The van der Waals surface area contributed by atoms with E-state index in [1.165, 1.54) is 66.8 Å². The zero-order valence-electron chi connectivity index (χ0n) is 30.7. The van der Waals surface area contributed by atoms with Gasteiger partial charge in [0.1, 0.15) is 23.0 Å². The highest BCUT2D eigenvalue weighted by atomic mass is 16.5. The Balaban J connectivity index is 0.915. The van der Waals surface area contributed by atoms with Crippen LogP contribution in [-0.2, 0) is 10.8 Å². The largest absolute Gasteiger partial charge is 0.456 e. The lowest BCUT2D eigenvalue weighted by Crippen LogP contribution is -2.14. The summed E-state index contributed by atoms with van der Waals surface area (Å²) >= 11 is 0. The minimum atomic E-state index is -0.0457. The van der Waals surface area contributed by atoms with E-state index in [9.17, 15) is 0 Å². The number of benzene rings is 8. The maximum absolute atomic E-state index is 6.76. The Kier molecular flexibility index (Phi) is 5.68. The van der Waals surface area contributed by atoms with Crippen LogP contribution in [0.4, 0.5) is 0 Å². The van der Waals surface area contributed by atoms with Gasteiger partial charge in [0, 0.05) is 32.7 Å². The van der Waals surface area contributed by atoms with Crippen LogP contribution in [0.25, 0.3) is 77.5 Å². The van der Waals surface area contributed by atoms with Crippen molar-refractivity contribution >= 4 is 10.8 Å². The first-order chi connectivity index (χ1) is 26.3. The first kappa shape index (κ1) is 30.1. The molecular formula is C52H36O2. The molecule has 4 aliphatic rings. The normalized spacial score (nSPS) is 15.3. The van der Waals surface area contributed by atoms with E-state index in [1.54, 1.807) is 0 Å². The van der Waals surface area contributed by atoms with Gasteiger partial charge in [0.25, 0.3) is 0 Å². The third-order valence-corrected chi connectivity index (χ3v) is 12.9. The molecule has 54 heavy (non-hydrogen) atoms. The van der Waals surface area contributed by atoms with Crippen molar-refractivity contribution < 1.29 is 9.47 Å². The van der Waals surface area contributed by atoms with Crippen molar-refractivity contribution in [2.75, 3.05) is 0 Å². The fourth-order valence-electron chi connectivity index (χ4n) is 10.1. The highest BCUT2D eigenvalue weighted by Gasteiger charge is 2.37. The van der Waals surface area contributed by atoms with Gasteiger partial charge in [0.2, 0.25) is 0 Å². The zero-order chi connectivity index (χ0) is 36.1. The van der Waals surface area contributed by atoms with E-state index in [-0.39, 0.29) is 10.8 Å². The predicted octanol–water partition coefficient (Wildman–Crippen LogP) is 14.3. The molecule has 0 unspecified atom stereocenters. The molecule has 0 saturated heterocycles. The number of fused-ring (bicyclic) bond motifs is 10. The molecule has 12 rings (SSSR count). The molecule has 256 valence electrons. The van der Waals surface area contributed by atoms with Crippen LogP contribution in [0.1, 0.15) is 49.9 Å². The molecule has 0 atom stereocenters. The van der Waals surface area contributed by atoms with Gasteiger partial charge in [-0.3, -0.25) is 0 Å². The average molecular weight is 693 g/mol. The van der Waals surface area contributed by atoms with Gasteiger partial charge < -0.3 is 9.47 Å². The van der Waals surface area contributed by atoms with Crippen molar-refractivity contribution in [3.63, 3.8) is 0 Å². The maximum atomic E-state index is 6.76. The molecule has 2 aliphatic heterocycles. The molecular weight excluding hydrogens is 657 g/mol. The van der Waals surface area contributed by atoms with E-state index >= 15 is 0 Å². The van der Waals surface area contributed by atoms with Crippen LogP contribution < -0.4 is 9.47 Å². The van der Waals surface area contributed by atoms with Crippen molar-refractivity contribution in [1.29, 1.82) is 0 Å². The second kappa shape index (κ2) is 10.2. The van der Waals surface area contributed by atoms with Crippen molar-refractivity contribution in [1.82, 2.24) is 0 Å². The predicted molar refractivity (Wildman–Crippen MR) is 221 cm³/mol. The van der Waals surface area contributed by atoms with E-state index in [4.69, 9.17) is 9.47 Å². The summed E-state index contributed by atoms with van der Waals surface area (Å²) in [5.41, 5.74) is 20.1. The summed E-state index contributed by atoms with van der Waals surface area (Å²) in [5, 5.41) is 2.22. The van der Waals surface area contributed by atoms with Gasteiger partial charge in [-0.05, 0) is 126 Å². The molecule has 0 radical (unpaired) electrons. The van der Waals surface area contributed by atoms with Crippen molar-refractivity contribution in [3.8, 4) is 89.8 Å². The Hall–Kier alpha value is -6.38. The molecule has 0 amide bonds. The summed E-state index contributed by atoms with van der Waals surface area (Å²) < 4.78 is 13.5. The van der Waals surface area contributed by atoms with Gasteiger partial charge in [-0.1, -0.05) is 125 Å². The molecule has 2 heterocycles. The molecule has 0 fully saturated rings. The van der Waals surface area contributed by atoms with Gasteiger partial charge in [0.15, 0.2) is 0 Å². The topological polar surface area (TPSA) is 18.5 Å². The molecule has 0 spiro atoms. The molecule has 8 aromatic carbocycles. The Morgan fingerprint density at radius 3 is 1.09 bits per heavy atom. The van der Waals surface area contributed by atoms with Gasteiger partial charge in [-0.2, -0.15) is 0 Å². The first-order valence-corrected chi connectivity index (χ1v) is 19.0. The van der Waals surface area contributed by atoms with Crippen molar-refractivity contribution in [2.45, 2.75) is 38.5 Å². The SMILES string of the molecule is CC1(C)c2ccccc2-c2ccc(-c3ccc4c(c3)Oc3ccc5c6c(ccc-4c36)-c3ccc(-c4ccc6c(c4)C(C)(C)c4ccccc4-6)cc3O5)cc21. The van der Waals surface area contributed by atoms with E-state index in [2.05, 4.69) is 173 Å². The van der Waals surface area contributed by atoms with Crippen molar-refractivity contribution in [3.05, 3.63) is 168 Å². The standard InChI is InChI=1S/C52H36O2/c1-51(2)41-11-7-5-9-33(41)35-17-13-29(25-43(35)51)31-15-19-37-39-21-22-40-38-20-16-32(28-48(38)54-46-24-23-45(49(39)50(40)46)53-47(37)27-31)30-14-18-36-34-10-6-8-12-42(34)52(3,4)44(36)26-30/h5-28H,1-4H3. The fraction of sp³-hybridized carbons (Fsp3) is 0.115. The lowest BCUT2D eigenvalue weighted by atomic mass is 9.81. The lowest BCUT2D eigenvalue weighted by Gasteiger charge is -2.28. The van der Waals surface area contributed by atoms with Crippen LogP contribution in [0.3, 0.4) is 0 Å². The third-order valence-electron chi connectivity index (χ3n) is 12.9. The quantitative estimate of drug-likeness (QED) is 0.180. The van der Waals surface area contributed by atoms with Gasteiger partial charge in [0.05, 0.1) is 0 Å². The molecule has 2 nitrogen and oxygen atoms in total. The Bertz CT molecular complexity index is 2790. The lowest BCUT2D eigenvalue weighted by molar-refractivity contribution is 0.475. The monoisotopic (exact) mass is 692 g/mol. The third kappa shape index (κ3) is 3.85. The maximum Gasteiger partial charge on any atom is 0.136 e. The van der Waals surface area contributed by atoms with Gasteiger partial charge in [-0.15, -0.1) is 0 Å². The molecule has 0 bridgehead atoms. The Labute approximate surface area is 315 Å². The highest BCUT2D eigenvalue weighted by molar-refractivity contribution is 6.14. The second-order valence-electron chi connectivity index (χ2n) is 16.5.